The highest BCUT2D eigenvalue weighted by Gasteiger charge is 2.20. The lowest BCUT2D eigenvalue weighted by molar-refractivity contribution is -0.384. The summed E-state index contributed by atoms with van der Waals surface area (Å²) in [7, 11) is 0. The second-order valence-electron chi connectivity index (χ2n) is 4.03. The van der Waals surface area contributed by atoms with Crippen LogP contribution in [0.25, 0.3) is 0 Å². The van der Waals surface area contributed by atoms with Crippen LogP contribution in [0.5, 0.6) is 5.88 Å². The summed E-state index contributed by atoms with van der Waals surface area (Å²) < 4.78 is 5.55. The molecule has 1 aromatic rings. The maximum absolute atomic E-state index is 10.5. The molecule has 0 bridgehead atoms. The van der Waals surface area contributed by atoms with Crippen molar-refractivity contribution in [3.8, 4) is 5.88 Å². The molecule has 0 saturated heterocycles. The van der Waals surface area contributed by atoms with E-state index in [2.05, 4.69) is 4.98 Å². The molecule has 1 heterocycles. The third-order valence-corrected chi connectivity index (χ3v) is 2.31. The molecule has 1 aromatic heterocycles. The average molecular weight is 225 g/mol. The maximum atomic E-state index is 10.5. The largest absolute Gasteiger partial charge is 0.472 e. The molecule has 2 N–H and O–H groups in total. The van der Waals surface area contributed by atoms with Gasteiger partial charge in [0.1, 0.15) is 5.60 Å². The van der Waals surface area contributed by atoms with Crippen LogP contribution in [-0.2, 0) is 0 Å². The predicted molar refractivity (Wildman–Crippen MR) is 60.3 cm³/mol. The van der Waals surface area contributed by atoms with E-state index in [-0.39, 0.29) is 17.1 Å². The SMILES string of the molecule is CCC(C)(C)Oc1ccc([N+](=O)[O-])c(N)n1. The van der Waals surface area contributed by atoms with Crippen molar-refractivity contribution in [1.82, 2.24) is 4.98 Å². The first-order valence-corrected chi connectivity index (χ1v) is 4.95. The Bertz CT molecular complexity index is 404. The molecule has 0 spiro atoms. The van der Waals surface area contributed by atoms with E-state index in [1.165, 1.54) is 12.1 Å². The van der Waals surface area contributed by atoms with E-state index in [1.54, 1.807) is 0 Å². The summed E-state index contributed by atoms with van der Waals surface area (Å²) >= 11 is 0. The number of nitro groups is 1. The molecule has 0 atom stereocenters. The van der Waals surface area contributed by atoms with Gasteiger partial charge in [-0.25, -0.2) is 0 Å². The normalized spacial score (nSPS) is 11.2. The molecule has 0 saturated carbocycles. The Balaban J connectivity index is 2.94. The van der Waals surface area contributed by atoms with Crippen molar-refractivity contribution in [2.24, 2.45) is 0 Å². The number of anilines is 1. The van der Waals surface area contributed by atoms with Gasteiger partial charge in [0.15, 0.2) is 0 Å². The van der Waals surface area contributed by atoms with E-state index < -0.39 is 4.92 Å². The number of aromatic nitrogens is 1. The Kier molecular flexibility index (Phi) is 3.31. The molecule has 0 amide bonds. The van der Waals surface area contributed by atoms with Crippen LogP contribution in [-0.4, -0.2) is 15.5 Å². The Labute approximate surface area is 93.6 Å². The fourth-order valence-electron chi connectivity index (χ4n) is 1.02. The first-order valence-electron chi connectivity index (χ1n) is 4.95. The second kappa shape index (κ2) is 4.34. The Morgan fingerprint density at radius 2 is 2.19 bits per heavy atom. The summed E-state index contributed by atoms with van der Waals surface area (Å²) in [6, 6.07) is 2.75. The minimum Gasteiger partial charge on any atom is -0.472 e. The minimum absolute atomic E-state index is 0.130. The van der Waals surface area contributed by atoms with Gasteiger partial charge in [0.2, 0.25) is 11.7 Å². The zero-order chi connectivity index (χ0) is 12.3. The van der Waals surface area contributed by atoms with Gasteiger partial charge in [-0.05, 0) is 20.3 Å². The third-order valence-electron chi connectivity index (χ3n) is 2.31. The maximum Gasteiger partial charge on any atom is 0.311 e. The first-order chi connectivity index (χ1) is 7.35. The van der Waals surface area contributed by atoms with Crippen molar-refractivity contribution in [3.63, 3.8) is 0 Å². The molecule has 0 aliphatic carbocycles. The van der Waals surface area contributed by atoms with Crippen LogP contribution in [0.2, 0.25) is 0 Å². The smallest absolute Gasteiger partial charge is 0.311 e. The number of ether oxygens (including phenoxy) is 1. The zero-order valence-electron chi connectivity index (χ0n) is 9.56. The molecular formula is C10H15N3O3. The van der Waals surface area contributed by atoms with Crippen molar-refractivity contribution in [1.29, 1.82) is 0 Å². The lowest BCUT2D eigenvalue weighted by Gasteiger charge is -2.23. The van der Waals surface area contributed by atoms with Crippen molar-refractivity contribution >= 4 is 11.5 Å². The van der Waals surface area contributed by atoms with E-state index >= 15 is 0 Å². The molecule has 0 aromatic carbocycles. The van der Waals surface area contributed by atoms with E-state index in [9.17, 15) is 10.1 Å². The molecule has 0 aliphatic rings. The molecule has 88 valence electrons. The molecule has 1 rings (SSSR count). The molecule has 16 heavy (non-hydrogen) atoms. The Morgan fingerprint density at radius 3 is 2.62 bits per heavy atom. The number of pyridine rings is 1. The molecule has 0 radical (unpaired) electrons. The first kappa shape index (κ1) is 12.2. The summed E-state index contributed by atoms with van der Waals surface area (Å²) in [6.45, 7) is 5.80. The Hall–Kier alpha value is -1.85. The number of hydrogen-bond donors (Lipinski definition) is 1. The summed E-state index contributed by atoms with van der Waals surface area (Å²) in [5.41, 5.74) is 4.88. The van der Waals surface area contributed by atoms with Crippen molar-refractivity contribution in [2.75, 3.05) is 5.73 Å². The van der Waals surface area contributed by atoms with Crippen LogP contribution < -0.4 is 10.5 Å². The number of nitrogens with zero attached hydrogens (tertiary/aromatic N) is 2. The summed E-state index contributed by atoms with van der Waals surface area (Å²) in [4.78, 5) is 13.8. The monoisotopic (exact) mass is 225 g/mol. The van der Waals surface area contributed by atoms with Crippen LogP contribution >= 0.6 is 0 Å². The standard InChI is InChI=1S/C10H15N3O3/c1-4-10(2,3)16-8-6-5-7(13(14)15)9(11)12-8/h5-6H,4H2,1-3H3,(H2,11,12). The minimum atomic E-state index is -0.572. The zero-order valence-corrected chi connectivity index (χ0v) is 9.56. The van der Waals surface area contributed by atoms with Gasteiger partial charge in [-0.15, -0.1) is 0 Å². The topological polar surface area (TPSA) is 91.3 Å². The molecular weight excluding hydrogens is 210 g/mol. The molecule has 0 unspecified atom stereocenters. The highest BCUT2D eigenvalue weighted by atomic mass is 16.6. The van der Waals surface area contributed by atoms with Gasteiger partial charge in [0.05, 0.1) is 4.92 Å². The third kappa shape index (κ3) is 2.82. The van der Waals surface area contributed by atoms with Crippen LogP contribution in [0.3, 0.4) is 0 Å². The van der Waals surface area contributed by atoms with Crippen LogP contribution in [0.1, 0.15) is 27.2 Å². The van der Waals surface area contributed by atoms with Gasteiger partial charge >= 0.3 is 5.69 Å². The van der Waals surface area contributed by atoms with Crippen molar-refractivity contribution < 1.29 is 9.66 Å². The number of hydrogen-bond acceptors (Lipinski definition) is 5. The van der Waals surface area contributed by atoms with E-state index in [1.807, 2.05) is 20.8 Å². The van der Waals surface area contributed by atoms with Gasteiger partial charge in [0.25, 0.3) is 0 Å². The van der Waals surface area contributed by atoms with Crippen LogP contribution in [0, 0.1) is 10.1 Å². The molecule has 0 fully saturated rings. The fourth-order valence-corrected chi connectivity index (χ4v) is 1.02. The van der Waals surface area contributed by atoms with E-state index in [4.69, 9.17) is 10.5 Å². The van der Waals surface area contributed by atoms with Crippen molar-refractivity contribution in [2.45, 2.75) is 32.8 Å². The van der Waals surface area contributed by atoms with Gasteiger partial charge < -0.3 is 10.5 Å². The number of nitrogens with two attached hydrogens (primary N) is 1. The van der Waals surface area contributed by atoms with Gasteiger partial charge in [-0.1, -0.05) is 6.92 Å². The van der Waals surface area contributed by atoms with E-state index in [0.29, 0.717) is 5.88 Å². The Morgan fingerprint density at radius 1 is 1.56 bits per heavy atom. The second-order valence-corrected chi connectivity index (χ2v) is 4.03. The summed E-state index contributed by atoms with van der Waals surface area (Å²) in [6.07, 6.45) is 0.797. The molecule has 0 aliphatic heterocycles. The van der Waals surface area contributed by atoms with E-state index in [0.717, 1.165) is 6.42 Å². The lowest BCUT2D eigenvalue weighted by Crippen LogP contribution is -2.27. The molecule has 6 nitrogen and oxygen atoms in total. The quantitative estimate of drug-likeness (QED) is 0.626. The fraction of sp³-hybridized carbons (Fsp3) is 0.500. The average Bonchev–Trinajstić information content (AvgIpc) is 2.16. The highest BCUT2D eigenvalue weighted by Crippen LogP contribution is 2.25. The molecule has 6 heteroatoms. The van der Waals surface area contributed by atoms with Crippen LogP contribution in [0.15, 0.2) is 12.1 Å². The predicted octanol–water partition coefficient (Wildman–Crippen LogP) is 2.14. The van der Waals surface area contributed by atoms with Gasteiger partial charge in [0, 0.05) is 12.1 Å². The van der Waals surface area contributed by atoms with Gasteiger partial charge in [-0.2, -0.15) is 4.98 Å². The van der Waals surface area contributed by atoms with Crippen molar-refractivity contribution in [3.05, 3.63) is 22.2 Å². The summed E-state index contributed by atoms with van der Waals surface area (Å²) in [5.74, 6) is 0.171. The summed E-state index contributed by atoms with van der Waals surface area (Å²) in [5, 5.41) is 10.5. The lowest BCUT2D eigenvalue weighted by atomic mass is 10.1. The number of rotatable bonds is 4. The van der Waals surface area contributed by atoms with Gasteiger partial charge in [-0.3, -0.25) is 10.1 Å². The van der Waals surface area contributed by atoms with Crippen LogP contribution in [0.4, 0.5) is 11.5 Å². The number of nitrogen functional groups attached to an aromatic ring is 1. The highest BCUT2D eigenvalue weighted by molar-refractivity contribution is 5.53.